The maximum Gasteiger partial charge on any atom is 0.0192 e. The normalized spacial score (nSPS) is 15.1. The van der Waals surface area contributed by atoms with Gasteiger partial charge in [0.05, 0.1) is 0 Å². The molecule has 160 valence electrons. The predicted octanol–water partition coefficient (Wildman–Crippen LogP) is 6.57. The molecule has 4 rings (SSSR count). The van der Waals surface area contributed by atoms with Gasteiger partial charge in [-0.15, -0.1) is 0 Å². The van der Waals surface area contributed by atoms with E-state index in [2.05, 4.69) is 108 Å². The number of hydrazine groups is 1. The number of benzene rings is 3. The van der Waals surface area contributed by atoms with E-state index in [-0.39, 0.29) is 0 Å². The van der Waals surface area contributed by atoms with Crippen molar-refractivity contribution in [2.24, 2.45) is 5.92 Å². The minimum atomic E-state index is 0.471. The van der Waals surface area contributed by atoms with Crippen LogP contribution in [0.3, 0.4) is 0 Å². The lowest BCUT2D eigenvalue weighted by molar-refractivity contribution is 0.132. The smallest absolute Gasteiger partial charge is 0.0192 e. The highest BCUT2D eigenvalue weighted by Gasteiger charge is 2.28. The summed E-state index contributed by atoms with van der Waals surface area (Å²) in [5.41, 5.74) is 9.00. The topological polar surface area (TPSA) is 15.3 Å². The molecule has 31 heavy (non-hydrogen) atoms. The second-order valence-electron chi connectivity index (χ2n) is 8.68. The molecule has 1 saturated heterocycles. The standard InChI is InChI=1S/C29H34N2/c1-24(12-11-15-25-13-5-2-6-14-25)30-31-22-20-28(21-23-31)29(26-16-7-3-8-17-26)27-18-9-4-10-19-27/h2-10,13-14,16-19,28-30H,1,11-12,15,20-23H2. The average Bonchev–Trinajstić information content (AvgIpc) is 2.82. The number of hydrogen-bond acceptors (Lipinski definition) is 2. The van der Waals surface area contributed by atoms with Gasteiger partial charge in [0.15, 0.2) is 0 Å². The van der Waals surface area contributed by atoms with E-state index in [0.29, 0.717) is 11.8 Å². The molecule has 0 amide bonds. The molecular weight excluding hydrogens is 376 g/mol. The van der Waals surface area contributed by atoms with Crippen LogP contribution >= 0.6 is 0 Å². The minimum Gasteiger partial charge on any atom is -0.324 e. The molecular formula is C29H34N2. The first kappa shape index (κ1) is 21.4. The van der Waals surface area contributed by atoms with Crippen LogP contribution in [0.25, 0.3) is 0 Å². The van der Waals surface area contributed by atoms with Gasteiger partial charge in [0, 0.05) is 24.7 Å². The first-order valence-electron chi connectivity index (χ1n) is 11.6. The highest BCUT2D eigenvalue weighted by Crippen LogP contribution is 2.37. The summed E-state index contributed by atoms with van der Waals surface area (Å²) in [6, 6.07) is 32.8. The molecule has 1 fully saturated rings. The summed E-state index contributed by atoms with van der Waals surface area (Å²) in [6.45, 7) is 6.41. The van der Waals surface area contributed by atoms with E-state index >= 15 is 0 Å². The molecule has 3 aromatic carbocycles. The monoisotopic (exact) mass is 410 g/mol. The van der Waals surface area contributed by atoms with E-state index < -0.39 is 0 Å². The summed E-state index contributed by atoms with van der Waals surface area (Å²) in [5.74, 6) is 1.13. The van der Waals surface area contributed by atoms with Crippen LogP contribution in [0.2, 0.25) is 0 Å². The SMILES string of the molecule is C=C(CCCc1ccccc1)NN1CCC(C(c2ccccc2)c2ccccc2)CC1. The molecule has 3 aromatic rings. The van der Waals surface area contributed by atoms with Crippen molar-refractivity contribution in [1.82, 2.24) is 10.4 Å². The lowest BCUT2D eigenvalue weighted by Crippen LogP contribution is -2.44. The van der Waals surface area contributed by atoms with E-state index in [9.17, 15) is 0 Å². The Morgan fingerprint density at radius 1 is 0.806 bits per heavy atom. The zero-order valence-electron chi connectivity index (χ0n) is 18.4. The van der Waals surface area contributed by atoms with Crippen molar-refractivity contribution in [3.63, 3.8) is 0 Å². The summed E-state index contributed by atoms with van der Waals surface area (Å²) < 4.78 is 0. The third kappa shape index (κ3) is 6.08. The maximum atomic E-state index is 4.28. The van der Waals surface area contributed by atoms with Crippen LogP contribution < -0.4 is 5.43 Å². The Morgan fingerprint density at radius 3 is 1.87 bits per heavy atom. The van der Waals surface area contributed by atoms with Crippen molar-refractivity contribution < 1.29 is 0 Å². The van der Waals surface area contributed by atoms with E-state index in [1.54, 1.807) is 0 Å². The largest absolute Gasteiger partial charge is 0.324 e. The molecule has 0 bridgehead atoms. The fourth-order valence-electron chi connectivity index (χ4n) is 4.83. The van der Waals surface area contributed by atoms with E-state index in [4.69, 9.17) is 0 Å². The van der Waals surface area contributed by atoms with Crippen LogP contribution in [0.15, 0.2) is 103 Å². The van der Waals surface area contributed by atoms with Crippen LogP contribution in [-0.2, 0) is 6.42 Å². The second kappa shape index (κ2) is 11.0. The lowest BCUT2D eigenvalue weighted by atomic mass is 9.76. The molecule has 0 aromatic heterocycles. The van der Waals surface area contributed by atoms with Crippen molar-refractivity contribution in [2.75, 3.05) is 13.1 Å². The Bertz CT molecular complexity index is 873. The van der Waals surface area contributed by atoms with Gasteiger partial charge >= 0.3 is 0 Å². The highest BCUT2D eigenvalue weighted by molar-refractivity contribution is 5.33. The first-order chi connectivity index (χ1) is 15.3. The number of hydrogen-bond donors (Lipinski definition) is 1. The van der Waals surface area contributed by atoms with Crippen LogP contribution in [-0.4, -0.2) is 18.1 Å². The summed E-state index contributed by atoms with van der Waals surface area (Å²) in [7, 11) is 0. The zero-order valence-corrected chi connectivity index (χ0v) is 18.4. The fourth-order valence-corrected chi connectivity index (χ4v) is 4.83. The van der Waals surface area contributed by atoms with Crippen molar-refractivity contribution in [3.05, 3.63) is 120 Å². The summed E-state index contributed by atoms with van der Waals surface area (Å²) >= 11 is 0. The molecule has 0 unspecified atom stereocenters. The number of piperidine rings is 1. The Hall–Kier alpha value is -2.84. The zero-order chi connectivity index (χ0) is 21.3. The van der Waals surface area contributed by atoms with E-state index in [1.807, 2.05) is 0 Å². The van der Waals surface area contributed by atoms with Gasteiger partial charge < -0.3 is 5.43 Å². The highest BCUT2D eigenvalue weighted by atomic mass is 15.5. The fraction of sp³-hybridized carbons (Fsp3) is 0.310. The summed E-state index contributed by atoms with van der Waals surface area (Å²) in [4.78, 5) is 0. The predicted molar refractivity (Wildman–Crippen MR) is 131 cm³/mol. The quantitative estimate of drug-likeness (QED) is 0.429. The van der Waals surface area contributed by atoms with Crippen LogP contribution in [0.5, 0.6) is 0 Å². The molecule has 0 radical (unpaired) electrons. The van der Waals surface area contributed by atoms with Crippen LogP contribution in [0, 0.1) is 5.92 Å². The molecule has 2 nitrogen and oxygen atoms in total. The first-order valence-corrected chi connectivity index (χ1v) is 11.6. The van der Waals surface area contributed by atoms with Gasteiger partial charge in [-0.1, -0.05) is 97.6 Å². The van der Waals surface area contributed by atoms with Crippen molar-refractivity contribution in [3.8, 4) is 0 Å². The van der Waals surface area contributed by atoms with Crippen molar-refractivity contribution >= 4 is 0 Å². The third-order valence-corrected chi connectivity index (χ3v) is 6.43. The van der Waals surface area contributed by atoms with Gasteiger partial charge in [-0.2, -0.15) is 0 Å². The van der Waals surface area contributed by atoms with Crippen LogP contribution in [0.1, 0.15) is 48.3 Å². The molecule has 1 aliphatic rings. The molecule has 0 aliphatic carbocycles. The summed E-state index contributed by atoms with van der Waals surface area (Å²) in [5, 5.41) is 2.37. The maximum absolute atomic E-state index is 4.28. The van der Waals surface area contributed by atoms with Gasteiger partial charge in [0.25, 0.3) is 0 Å². The number of aryl methyl sites for hydroxylation is 1. The molecule has 0 saturated carbocycles. The third-order valence-electron chi connectivity index (χ3n) is 6.43. The summed E-state index contributed by atoms with van der Waals surface area (Å²) in [6.07, 6.45) is 5.65. The molecule has 1 aliphatic heterocycles. The Labute approximate surface area is 187 Å². The van der Waals surface area contributed by atoms with Crippen molar-refractivity contribution in [2.45, 2.75) is 38.0 Å². The van der Waals surface area contributed by atoms with E-state index in [1.165, 1.54) is 29.5 Å². The Morgan fingerprint density at radius 2 is 1.32 bits per heavy atom. The molecule has 2 heteroatoms. The molecule has 1 heterocycles. The van der Waals surface area contributed by atoms with Gasteiger partial charge in [0.1, 0.15) is 0 Å². The van der Waals surface area contributed by atoms with Gasteiger partial charge in [-0.3, -0.25) is 0 Å². The number of allylic oxidation sites excluding steroid dienone is 1. The van der Waals surface area contributed by atoms with Gasteiger partial charge in [0.2, 0.25) is 0 Å². The average molecular weight is 411 g/mol. The van der Waals surface area contributed by atoms with Crippen molar-refractivity contribution in [1.29, 1.82) is 0 Å². The van der Waals surface area contributed by atoms with Gasteiger partial charge in [-0.05, 0) is 54.7 Å². The number of nitrogens with one attached hydrogen (secondary N) is 1. The molecule has 0 spiro atoms. The minimum absolute atomic E-state index is 0.471. The number of rotatable bonds is 9. The Balaban J connectivity index is 1.29. The van der Waals surface area contributed by atoms with Gasteiger partial charge in [-0.25, -0.2) is 5.01 Å². The molecule has 1 N–H and O–H groups in total. The molecule has 0 atom stereocenters. The number of nitrogens with zero attached hydrogens (tertiary/aromatic N) is 1. The van der Waals surface area contributed by atoms with E-state index in [0.717, 1.165) is 38.0 Å². The Kier molecular flexibility index (Phi) is 7.57. The lowest BCUT2D eigenvalue weighted by Gasteiger charge is -2.37. The second-order valence-corrected chi connectivity index (χ2v) is 8.68. The van der Waals surface area contributed by atoms with Crippen LogP contribution in [0.4, 0.5) is 0 Å².